The van der Waals surface area contributed by atoms with E-state index in [1.165, 1.54) is 10.4 Å². The van der Waals surface area contributed by atoms with Gasteiger partial charge in [0.15, 0.2) is 0 Å². The summed E-state index contributed by atoms with van der Waals surface area (Å²) in [6, 6.07) is 9.00. The highest BCUT2D eigenvalue weighted by Crippen LogP contribution is 2.37. The molecule has 1 aliphatic rings. The van der Waals surface area contributed by atoms with Crippen molar-refractivity contribution in [2.45, 2.75) is 37.1 Å². The van der Waals surface area contributed by atoms with Gasteiger partial charge in [-0.25, -0.2) is 8.42 Å². The Bertz CT molecular complexity index is 782. The van der Waals surface area contributed by atoms with Crippen LogP contribution in [0, 0.1) is 6.92 Å². The SMILES string of the molecule is Cc1oc(CCl)cc1S(=O)(=O)N1c2ccccc2CC1C. The zero-order valence-corrected chi connectivity index (χ0v) is 13.4. The molecule has 1 atom stereocenters. The lowest BCUT2D eigenvalue weighted by molar-refractivity contribution is 0.492. The van der Waals surface area contributed by atoms with Gasteiger partial charge in [0.25, 0.3) is 10.0 Å². The molecule has 0 aliphatic carbocycles. The maximum absolute atomic E-state index is 13.0. The molecule has 0 amide bonds. The van der Waals surface area contributed by atoms with E-state index < -0.39 is 10.0 Å². The number of anilines is 1. The Kier molecular flexibility index (Phi) is 3.50. The molecule has 6 heteroatoms. The Morgan fingerprint density at radius 1 is 1.38 bits per heavy atom. The lowest BCUT2D eigenvalue weighted by Crippen LogP contribution is -2.35. The van der Waals surface area contributed by atoms with Gasteiger partial charge in [0.2, 0.25) is 0 Å². The normalized spacial score (nSPS) is 18.0. The van der Waals surface area contributed by atoms with Gasteiger partial charge < -0.3 is 4.42 Å². The standard InChI is InChI=1S/C15H16ClNO3S/c1-10-7-12-5-3-4-6-14(12)17(10)21(18,19)15-8-13(9-16)20-11(15)2/h3-6,8,10H,7,9H2,1-2H3. The van der Waals surface area contributed by atoms with E-state index >= 15 is 0 Å². The van der Waals surface area contributed by atoms with Crippen LogP contribution in [0.2, 0.25) is 0 Å². The zero-order chi connectivity index (χ0) is 15.2. The number of aryl methyl sites for hydroxylation is 1. The predicted octanol–water partition coefficient (Wildman–Crippen LogP) is 3.47. The summed E-state index contributed by atoms with van der Waals surface area (Å²) in [5.74, 6) is 0.998. The summed E-state index contributed by atoms with van der Waals surface area (Å²) < 4.78 is 32.8. The van der Waals surface area contributed by atoms with E-state index in [2.05, 4.69) is 0 Å². The van der Waals surface area contributed by atoms with E-state index in [1.807, 2.05) is 31.2 Å². The molecule has 0 bridgehead atoms. The van der Waals surface area contributed by atoms with Crippen molar-refractivity contribution >= 4 is 27.3 Å². The fourth-order valence-corrected chi connectivity index (χ4v) is 4.87. The van der Waals surface area contributed by atoms with Crippen LogP contribution in [0.25, 0.3) is 0 Å². The number of sulfonamides is 1. The highest BCUT2D eigenvalue weighted by atomic mass is 35.5. The van der Waals surface area contributed by atoms with E-state index in [4.69, 9.17) is 16.0 Å². The summed E-state index contributed by atoms with van der Waals surface area (Å²) in [6.07, 6.45) is 0.717. The predicted molar refractivity (Wildman–Crippen MR) is 82.3 cm³/mol. The van der Waals surface area contributed by atoms with Crippen LogP contribution >= 0.6 is 11.6 Å². The molecule has 0 spiro atoms. The van der Waals surface area contributed by atoms with Gasteiger partial charge in [-0.15, -0.1) is 11.6 Å². The molecule has 0 fully saturated rings. The third kappa shape index (κ3) is 2.24. The number of hydrogen-bond donors (Lipinski definition) is 0. The Hall–Kier alpha value is -1.46. The Morgan fingerprint density at radius 2 is 2.10 bits per heavy atom. The number of furan rings is 1. The van der Waals surface area contributed by atoms with Crippen LogP contribution in [0.15, 0.2) is 39.6 Å². The number of rotatable bonds is 3. The summed E-state index contributed by atoms with van der Waals surface area (Å²) in [7, 11) is -3.64. The molecule has 1 aromatic heterocycles. The molecule has 1 unspecified atom stereocenters. The van der Waals surface area contributed by atoms with Crippen LogP contribution in [-0.2, 0) is 22.3 Å². The average molecular weight is 326 g/mol. The molecule has 3 rings (SSSR count). The first-order valence-electron chi connectivity index (χ1n) is 6.72. The molecular weight excluding hydrogens is 310 g/mol. The van der Waals surface area contributed by atoms with Gasteiger partial charge in [0.1, 0.15) is 16.4 Å². The molecule has 0 saturated carbocycles. The van der Waals surface area contributed by atoms with Gasteiger partial charge in [-0.1, -0.05) is 18.2 Å². The lowest BCUT2D eigenvalue weighted by Gasteiger charge is -2.24. The Morgan fingerprint density at radius 3 is 2.76 bits per heavy atom. The number of para-hydroxylation sites is 1. The highest BCUT2D eigenvalue weighted by molar-refractivity contribution is 7.93. The molecule has 1 aromatic carbocycles. The molecule has 0 N–H and O–H groups in total. The fourth-order valence-electron chi connectivity index (χ4n) is 2.86. The molecular formula is C15H16ClNO3S. The van der Waals surface area contributed by atoms with Gasteiger partial charge >= 0.3 is 0 Å². The van der Waals surface area contributed by atoms with Crippen molar-refractivity contribution in [3.05, 3.63) is 47.4 Å². The highest BCUT2D eigenvalue weighted by Gasteiger charge is 2.37. The van der Waals surface area contributed by atoms with Crippen LogP contribution in [0.4, 0.5) is 5.69 Å². The molecule has 2 heterocycles. The quantitative estimate of drug-likeness (QED) is 0.812. The molecule has 21 heavy (non-hydrogen) atoms. The Labute approximate surface area is 129 Å². The second kappa shape index (κ2) is 5.07. The van der Waals surface area contributed by atoms with Crippen LogP contribution in [0.3, 0.4) is 0 Å². The second-order valence-corrected chi connectivity index (χ2v) is 7.30. The summed E-state index contributed by atoms with van der Waals surface area (Å²) in [5.41, 5.74) is 1.80. The largest absolute Gasteiger partial charge is 0.464 e. The van der Waals surface area contributed by atoms with Crippen LogP contribution in [0.5, 0.6) is 0 Å². The fraction of sp³-hybridized carbons (Fsp3) is 0.333. The summed E-state index contributed by atoms with van der Waals surface area (Å²) in [6.45, 7) is 3.56. The second-order valence-electron chi connectivity index (χ2n) is 5.25. The van der Waals surface area contributed by atoms with E-state index in [1.54, 1.807) is 6.92 Å². The number of fused-ring (bicyclic) bond motifs is 1. The minimum atomic E-state index is -3.64. The van der Waals surface area contributed by atoms with Crippen molar-refractivity contribution < 1.29 is 12.8 Å². The number of benzene rings is 1. The molecule has 0 saturated heterocycles. The van der Waals surface area contributed by atoms with Gasteiger partial charge in [-0.2, -0.15) is 0 Å². The van der Waals surface area contributed by atoms with Crippen molar-refractivity contribution in [1.82, 2.24) is 0 Å². The van der Waals surface area contributed by atoms with Gasteiger partial charge in [0.05, 0.1) is 11.6 Å². The lowest BCUT2D eigenvalue weighted by atomic mass is 10.1. The first-order chi connectivity index (χ1) is 9.95. The van der Waals surface area contributed by atoms with E-state index in [9.17, 15) is 8.42 Å². The summed E-state index contributed by atoms with van der Waals surface area (Å²) in [5, 5.41) is 0. The minimum Gasteiger partial charge on any atom is -0.464 e. The third-order valence-corrected chi connectivity index (χ3v) is 6.04. The number of hydrogen-bond acceptors (Lipinski definition) is 3. The molecule has 2 aromatic rings. The molecule has 4 nitrogen and oxygen atoms in total. The van der Waals surface area contributed by atoms with E-state index in [0.29, 0.717) is 17.9 Å². The van der Waals surface area contributed by atoms with Crippen molar-refractivity contribution in [2.75, 3.05) is 4.31 Å². The summed E-state index contributed by atoms with van der Waals surface area (Å²) in [4.78, 5) is 0.196. The number of halogens is 1. The monoisotopic (exact) mass is 325 g/mol. The minimum absolute atomic E-state index is 0.110. The van der Waals surface area contributed by atoms with Crippen molar-refractivity contribution in [3.8, 4) is 0 Å². The number of nitrogens with zero attached hydrogens (tertiary/aromatic N) is 1. The molecule has 1 aliphatic heterocycles. The third-order valence-electron chi connectivity index (χ3n) is 3.74. The van der Waals surface area contributed by atoms with Crippen LogP contribution in [0.1, 0.15) is 24.0 Å². The number of alkyl halides is 1. The molecule has 0 radical (unpaired) electrons. The Balaban J connectivity index is 2.12. The molecule has 112 valence electrons. The first kappa shape index (κ1) is 14.5. The smallest absolute Gasteiger partial charge is 0.268 e. The van der Waals surface area contributed by atoms with Crippen LogP contribution in [-0.4, -0.2) is 14.5 Å². The maximum atomic E-state index is 13.0. The van der Waals surface area contributed by atoms with Gasteiger partial charge in [-0.3, -0.25) is 4.31 Å². The first-order valence-corrected chi connectivity index (χ1v) is 8.70. The van der Waals surface area contributed by atoms with Crippen molar-refractivity contribution in [3.63, 3.8) is 0 Å². The van der Waals surface area contributed by atoms with E-state index in [0.717, 1.165) is 11.3 Å². The van der Waals surface area contributed by atoms with E-state index in [-0.39, 0.29) is 16.8 Å². The van der Waals surface area contributed by atoms with Gasteiger partial charge in [-0.05, 0) is 31.9 Å². The van der Waals surface area contributed by atoms with Crippen LogP contribution < -0.4 is 4.31 Å². The van der Waals surface area contributed by atoms with Crippen molar-refractivity contribution in [1.29, 1.82) is 0 Å². The van der Waals surface area contributed by atoms with Gasteiger partial charge in [0, 0.05) is 12.1 Å². The maximum Gasteiger partial charge on any atom is 0.268 e. The van der Waals surface area contributed by atoms with Crippen molar-refractivity contribution in [2.24, 2.45) is 0 Å². The topological polar surface area (TPSA) is 50.5 Å². The average Bonchev–Trinajstić information content (AvgIpc) is 2.98. The summed E-state index contributed by atoms with van der Waals surface area (Å²) >= 11 is 5.73. The zero-order valence-electron chi connectivity index (χ0n) is 11.8.